The molecule has 0 unspecified atom stereocenters. The lowest BCUT2D eigenvalue weighted by atomic mass is 10.0. The number of H-pyrrole nitrogens is 2. The van der Waals surface area contributed by atoms with Crippen LogP contribution in [0.25, 0.3) is 22.2 Å². The predicted molar refractivity (Wildman–Crippen MR) is 145 cm³/mol. The number of carbonyl (C=O) groups is 1. The molecule has 0 bridgehead atoms. The van der Waals surface area contributed by atoms with Gasteiger partial charge in [0.2, 0.25) is 0 Å². The van der Waals surface area contributed by atoms with Crippen LogP contribution in [0.1, 0.15) is 21.6 Å². The molecule has 0 saturated carbocycles. The monoisotopic (exact) mass is 521 g/mol. The Kier molecular flexibility index (Phi) is 7.57. The number of aromatic amines is 2. The Labute approximate surface area is 220 Å². The number of hydrogen-bond acceptors (Lipinski definition) is 5. The minimum Gasteiger partial charge on any atom is -0.364 e. The van der Waals surface area contributed by atoms with E-state index in [1.165, 1.54) is 0 Å². The van der Waals surface area contributed by atoms with Gasteiger partial charge in [0, 0.05) is 37.1 Å². The number of halogens is 2. The highest BCUT2D eigenvalue weighted by molar-refractivity contribution is 5.97. The third-order valence-electron chi connectivity index (χ3n) is 6.29. The van der Waals surface area contributed by atoms with Gasteiger partial charge in [-0.15, -0.1) is 24.8 Å². The third-order valence-corrected chi connectivity index (χ3v) is 6.29. The first kappa shape index (κ1) is 25.2. The SMILES string of the molecule is Cl.Cl.O=C(c1ccc2n[nH]nc2c1)N1CCN(Cc2cnc[nH]2)c2ccc(-c3ccccc3)cc2C1. The van der Waals surface area contributed by atoms with Gasteiger partial charge in [-0.05, 0) is 47.0 Å². The van der Waals surface area contributed by atoms with E-state index < -0.39 is 0 Å². The zero-order valence-corrected chi connectivity index (χ0v) is 20.9. The number of nitrogens with one attached hydrogen (secondary N) is 2. The largest absolute Gasteiger partial charge is 0.364 e. The molecule has 6 rings (SSSR count). The van der Waals surface area contributed by atoms with Crippen LogP contribution in [0.5, 0.6) is 0 Å². The van der Waals surface area contributed by atoms with Gasteiger partial charge in [-0.2, -0.15) is 15.4 Å². The van der Waals surface area contributed by atoms with Crippen molar-refractivity contribution in [2.75, 3.05) is 18.0 Å². The average Bonchev–Trinajstić information content (AvgIpc) is 3.54. The molecular formula is C26H25Cl2N7O. The number of fused-ring (bicyclic) bond motifs is 2. The molecule has 1 aliphatic rings. The van der Waals surface area contributed by atoms with E-state index in [0.29, 0.717) is 37.3 Å². The highest BCUT2D eigenvalue weighted by Crippen LogP contribution is 2.32. The van der Waals surface area contributed by atoms with Crippen molar-refractivity contribution in [2.24, 2.45) is 0 Å². The van der Waals surface area contributed by atoms with Crippen molar-refractivity contribution in [2.45, 2.75) is 13.1 Å². The van der Waals surface area contributed by atoms with Crippen LogP contribution in [0.4, 0.5) is 5.69 Å². The minimum atomic E-state index is -0.00986. The number of anilines is 1. The number of aromatic nitrogens is 5. The number of imidazole rings is 1. The second kappa shape index (κ2) is 10.8. The number of rotatable bonds is 4. The maximum Gasteiger partial charge on any atom is 0.254 e. The molecule has 0 radical (unpaired) electrons. The van der Waals surface area contributed by atoms with Gasteiger partial charge in [-0.1, -0.05) is 36.4 Å². The number of carbonyl (C=O) groups excluding carboxylic acids is 1. The van der Waals surface area contributed by atoms with Gasteiger partial charge in [0.25, 0.3) is 5.91 Å². The summed E-state index contributed by atoms with van der Waals surface area (Å²) in [6.45, 7) is 2.56. The first-order chi connectivity index (χ1) is 16.7. The van der Waals surface area contributed by atoms with Crippen LogP contribution < -0.4 is 4.90 Å². The van der Waals surface area contributed by atoms with E-state index in [4.69, 9.17) is 0 Å². The second-order valence-corrected chi connectivity index (χ2v) is 8.46. The fraction of sp³-hybridized carbons (Fsp3) is 0.154. The van der Waals surface area contributed by atoms with Crippen LogP contribution in [-0.4, -0.2) is 49.3 Å². The van der Waals surface area contributed by atoms with E-state index in [2.05, 4.69) is 60.6 Å². The minimum absolute atomic E-state index is 0. The van der Waals surface area contributed by atoms with Gasteiger partial charge in [0.1, 0.15) is 11.0 Å². The highest BCUT2D eigenvalue weighted by atomic mass is 35.5. The predicted octanol–water partition coefficient (Wildman–Crippen LogP) is 4.85. The van der Waals surface area contributed by atoms with E-state index in [9.17, 15) is 4.79 Å². The molecule has 36 heavy (non-hydrogen) atoms. The molecule has 10 heteroatoms. The lowest BCUT2D eigenvalue weighted by Gasteiger charge is -2.24. The lowest BCUT2D eigenvalue weighted by Crippen LogP contribution is -2.35. The van der Waals surface area contributed by atoms with Gasteiger partial charge in [0.15, 0.2) is 0 Å². The molecule has 0 spiro atoms. The Bertz CT molecular complexity index is 1450. The number of amides is 1. The van der Waals surface area contributed by atoms with Crippen molar-refractivity contribution in [1.29, 1.82) is 0 Å². The molecule has 0 saturated heterocycles. The molecule has 0 fully saturated rings. The van der Waals surface area contributed by atoms with Crippen LogP contribution >= 0.6 is 24.8 Å². The summed E-state index contributed by atoms with van der Waals surface area (Å²) in [7, 11) is 0. The fourth-order valence-electron chi connectivity index (χ4n) is 4.55. The van der Waals surface area contributed by atoms with Gasteiger partial charge in [0.05, 0.1) is 18.6 Å². The normalized spacial score (nSPS) is 12.9. The smallest absolute Gasteiger partial charge is 0.254 e. The number of hydrogen-bond donors (Lipinski definition) is 2. The van der Waals surface area contributed by atoms with Crippen LogP contribution in [0, 0.1) is 0 Å². The van der Waals surface area contributed by atoms with E-state index in [-0.39, 0.29) is 30.7 Å². The molecule has 1 amide bonds. The number of benzene rings is 3. The topological polar surface area (TPSA) is 93.8 Å². The molecule has 3 heterocycles. The molecule has 3 aromatic carbocycles. The maximum absolute atomic E-state index is 13.5. The van der Waals surface area contributed by atoms with E-state index in [1.54, 1.807) is 12.4 Å². The van der Waals surface area contributed by atoms with Crippen LogP contribution in [0.15, 0.2) is 79.3 Å². The summed E-state index contributed by atoms with van der Waals surface area (Å²) < 4.78 is 0. The average molecular weight is 522 g/mol. The van der Waals surface area contributed by atoms with Gasteiger partial charge in [-0.25, -0.2) is 4.98 Å². The molecule has 5 aromatic rings. The zero-order chi connectivity index (χ0) is 22.9. The highest BCUT2D eigenvalue weighted by Gasteiger charge is 2.25. The van der Waals surface area contributed by atoms with Crippen LogP contribution in [0.2, 0.25) is 0 Å². The van der Waals surface area contributed by atoms with E-state index >= 15 is 0 Å². The third kappa shape index (κ3) is 4.91. The van der Waals surface area contributed by atoms with Crippen molar-refractivity contribution in [3.8, 4) is 11.1 Å². The van der Waals surface area contributed by atoms with Crippen molar-refractivity contribution >= 4 is 47.4 Å². The summed E-state index contributed by atoms with van der Waals surface area (Å²) >= 11 is 0. The van der Waals surface area contributed by atoms with Crippen molar-refractivity contribution in [3.63, 3.8) is 0 Å². The lowest BCUT2D eigenvalue weighted by molar-refractivity contribution is 0.0751. The Hall–Kier alpha value is -3.88. The first-order valence-corrected chi connectivity index (χ1v) is 11.2. The fourth-order valence-corrected chi connectivity index (χ4v) is 4.55. The Morgan fingerprint density at radius 2 is 1.72 bits per heavy atom. The Morgan fingerprint density at radius 3 is 2.53 bits per heavy atom. The van der Waals surface area contributed by atoms with E-state index in [0.717, 1.165) is 33.6 Å². The van der Waals surface area contributed by atoms with Gasteiger partial charge < -0.3 is 14.8 Å². The summed E-state index contributed by atoms with van der Waals surface area (Å²) in [6.07, 6.45) is 3.54. The van der Waals surface area contributed by atoms with Gasteiger partial charge >= 0.3 is 0 Å². The first-order valence-electron chi connectivity index (χ1n) is 11.2. The number of nitrogens with zero attached hydrogens (tertiary/aromatic N) is 5. The molecule has 2 N–H and O–H groups in total. The van der Waals surface area contributed by atoms with Gasteiger partial charge in [-0.3, -0.25) is 4.79 Å². The Morgan fingerprint density at radius 1 is 0.889 bits per heavy atom. The molecule has 0 atom stereocenters. The standard InChI is InChI=1S/C26H23N7O.2ClH/c34-26(20-6-8-23-24(13-20)30-31-29-23)33-11-10-32(16-22-14-27-17-28-22)25-9-7-19(12-21(25)15-33)18-4-2-1-3-5-18;;/h1-9,12-14,17H,10-11,15-16H2,(H,27,28)(H,29,30,31);2*1H. The summed E-state index contributed by atoms with van der Waals surface area (Å²) in [5.41, 5.74) is 7.64. The molecular weight excluding hydrogens is 497 g/mol. The maximum atomic E-state index is 13.5. The van der Waals surface area contributed by atoms with Crippen molar-refractivity contribution in [3.05, 3.63) is 96.1 Å². The summed E-state index contributed by atoms with van der Waals surface area (Å²) in [5.74, 6) is -0.00986. The van der Waals surface area contributed by atoms with Crippen molar-refractivity contribution < 1.29 is 4.79 Å². The van der Waals surface area contributed by atoms with Crippen LogP contribution in [-0.2, 0) is 13.1 Å². The molecule has 1 aliphatic heterocycles. The summed E-state index contributed by atoms with van der Waals surface area (Å²) in [6, 6.07) is 22.3. The second-order valence-electron chi connectivity index (χ2n) is 8.46. The molecule has 2 aromatic heterocycles. The molecule has 184 valence electrons. The quantitative estimate of drug-likeness (QED) is 0.352. The van der Waals surface area contributed by atoms with E-state index in [1.807, 2.05) is 41.4 Å². The summed E-state index contributed by atoms with van der Waals surface area (Å²) in [5, 5.41) is 10.8. The zero-order valence-electron chi connectivity index (χ0n) is 19.3. The van der Waals surface area contributed by atoms with Crippen molar-refractivity contribution in [1.82, 2.24) is 30.3 Å². The Balaban J connectivity index is 0.00000152. The van der Waals surface area contributed by atoms with Crippen LogP contribution in [0.3, 0.4) is 0 Å². The molecule has 8 nitrogen and oxygen atoms in total. The summed E-state index contributed by atoms with van der Waals surface area (Å²) in [4.78, 5) is 25.1. The molecule has 0 aliphatic carbocycles.